The highest BCUT2D eigenvalue weighted by Gasteiger charge is 2.32. The first kappa shape index (κ1) is 29.0. The molecule has 0 bridgehead atoms. The maximum atomic E-state index is 13.8. The minimum Gasteiger partial charge on any atom is -0.497 e. The van der Waals surface area contributed by atoms with Gasteiger partial charge in [-0.05, 0) is 62.6 Å². The molecule has 2 rings (SSSR count). The lowest BCUT2D eigenvalue weighted by Gasteiger charge is -2.33. The van der Waals surface area contributed by atoms with Crippen molar-refractivity contribution in [2.24, 2.45) is 0 Å². The first-order valence-corrected chi connectivity index (χ1v) is 13.6. The minimum atomic E-state index is -3.87. The molecule has 0 aliphatic heterocycles. The Kier molecular flexibility index (Phi) is 10.2. The lowest BCUT2D eigenvalue weighted by molar-refractivity contribution is -0.140. The molecule has 1 atom stereocenters. The third kappa shape index (κ3) is 7.61. The average molecular weight is 520 g/mol. The molecule has 1 N–H and O–H groups in total. The van der Waals surface area contributed by atoms with E-state index < -0.39 is 28.5 Å². The van der Waals surface area contributed by atoms with Crippen LogP contribution in [0.3, 0.4) is 0 Å². The molecule has 9 nitrogen and oxygen atoms in total. The third-order valence-corrected chi connectivity index (χ3v) is 6.71. The topological polar surface area (TPSA) is 105 Å². The van der Waals surface area contributed by atoms with Crippen LogP contribution in [0.4, 0.5) is 5.69 Å². The molecule has 2 aromatic carbocycles. The predicted molar refractivity (Wildman–Crippen MR) is 141 cm³/mol. The van der Waals surface area contributed by atoms with Gasteiger partial charge in [0.2, 0.25) is 21.8 Å². The summed E-state index contributed by atoms with van der Waals surface area (Å²) in [4.78, 5) is 28.3. The van der Waals surface area contributed by atoms with Gasteiger partial charge in [-0.3, -0.25) is 13.9 Å². The molecule has 198 valence electrons. The summed E-state index contributed by atoms with van der Waals surface area (Å²) in [5.74, 6) is 0.116. The molecule has 0 saturated heterocycles. The number of carbonyl (C=O) groups excluding carboxylic acids is 2. The number of sulfonamides is 1. The van der Waals surface area contributed by atoms with Crippen LogP contribution in [0.2, 0.25) is 0 Å². The Hall–Kier alpha value is -3.27. The summed E-state index contributed by atoms with van der Waals surface area (Å²) in [5, 5.41) is 2.87. The number of anilines is 1. The van der Waals surface area contributed by atoms with Gasteiger partial charge < -0.3 is 19.7 Å². The zero-order chi connectivity index (χ0) is 27.0. The van der Waals surface area contributed by atoms with Crippen molar-refractivity contribution in [2.45, 2.75) is 52.7 Å². The van der Waals surface area contributed by atoms with E-state index in [1.807, 2.05) is 33.8 Å². The number of nitrogens with one attached hydrogen (secondary N) is 1. The van der Waals surface area contributed by atoms with Crippen LogP contribution in [0.25, 0.3) is 0 Å². The van der Waals surface area contributed by atoms with Crippen LogP contribution < -0.4 is 19.1 Å². The summed E-state index contributed by atoms with van der Waals surface area (Å²) in [5.41, 5.74) is 1.81. The van der Waals surface area contributed by atoms with E-state index in [0.29, 0.717) is 17.9 Å². The van der Waals surface area contributed by atoms with Crippen molar-refractivity contribution in [1.82, 2.24) is 10.2 Å². The highest BCUT2D eigenvalue weighted by molar-refractivity contribution is 7.92. The van der Waals surface area contributed by atoms with Gasteiger partial charge in [0.1, 0.15) is 24.1 Å². The summed E-state index contributed by atoms with van der Waals surface area (Å²) < 4.78 is 37.4. The Morgan fingerprint density at radius 3 is 2.31 bits per heavy atom. The summed E-state index contributed by atoms with van der Waals surface area (Å²) in [6, 6.07) is 11.4. The minimum absolute atomic E-state index is 0.0998. The van der Waals surface area contributed by atoms with E-state index in [9.17, 15) is 18.0 Å². The number of hydrogen-bond acceptors (Lipinski definition) is 6. The Balaban J connectivity index is 2.53. The smallest absolute Gasteiger partial charge is 0.244 e. The summed E-state index contributed by atoms with van der Waals surface area (Å²) in [6.07, 6.45) is 1.39. The van der Waals surface area contributed by atoms with Crippen LogP contribution in [0.5, 0.6) is 11.5 Å². The van der Waals surface area contributed by atoms with Gasteiger partial charge in [0.05, 0.1) is 26.2 Å². The quantitative estimate of drug-likeness (QED) is 0.462. The zero-order valence-corrected chi connectivity index (χ0v) is 22.9. The maximum Gasteiger partial charge on any atom is 0.244 e. The molecule has 0 aliphatic carbocycles. The second kappa shape index (κ2) is 12.6. The van der Waals surface area contributed by atoms with Crippen LogP contribution in [0.15, 0.2) is 42.5 Å². The highest BCUT2D eigenvalue weighted by atomic mass is 32.2. The van der Waals surface area contributed by atoms with E-state index in [-0.39, 0.29) is 24.2 Å². The fourth-order valence-electron chi connectivity index (χ4n) is 3.86. The van der Waals surface area contributed by atoms with Crippen molar-refractivity contribution >= 4 is 27.5 Å². The summed E-state index contributed by atoms with van der Waals surface area (Å²) in [6.45, 7) is 6.93. The number of carbonyl (C=O) groups is 2. The Bertz CT molecular complexity index is 1170. The van der Waals surface area contributed by atoms with Crippen LogP contribution in [-0.2, 0) is 26.2 Å². The third-order valence-electron chi connectivity index (χ3n) is 5.59. The second-order valence-electron chi connectivity index (χ2n) is 8.91. The molecule has 0 heterocycles. The number of ether oxygens (including phenoxy) is 2. The highest BCUT2D eigenvalue weighted by Crippen LogP contribution is 2.31. The van der Waals surface area contributed by atoms with E-state index in [1.54, 1.807) is 43.5 Å². The van der Waals surface area contributed by atoms with Crippen molar-refractivity contribution in [2.75, 3.05) is 31.3 Å². The Morgan fingerprint density at radius 1 is 1.06 bits per heavy atom. The number of amides is 2. The monoisotopic (exact) mass is 519 g/mol. The van der Waals surface area contributed by atoms with E-state index in [0.717, 1.165) is 21.7 Å². The predicted octanol–water partition coefficient (Wildman–Crippen LogP) is 3.11. The molecular weight excluding hydrogens is 482 g/mol. The number of aryl methyl sites for hydroxylation is 1. The SMILES string of the molecule is CC[C@H](C(=O)NC(C)C)N(Cc1cccc(OC)c1)C(=O)CN(c1cc(C)ccc1OC)S(C)(=O)=O. The maximum absolute atomic E-state index is 13.8. The zero-order valence-electron chi connectivity index (χ0n) is 22.1. The molecule has 0 spiro atoms. The van der Waals surface area contributed by atoms with Gasteiger partial charge in [-0.2, -0.15) is 0 Å². The Labute approximate surface area is 214 Å². The van der Waals surface area contributed by atoms with Gasteiger partial charge in [-0.15, -0.1) is 0 Å². The average Bonchev–Trinajstić information content (AvgIpc) is 2.81. The van der Waals surface area contributed by atoms with Gasteiger partial charge in [-0.1, -0.05) is 25.1 Å². The van der Waals surface area contributed by atoms with Crippen LogP contribution in [0.1, 0.15) is 38.3 Å². The van der Waals surface area contributed by atoms with Gasteiger partial charge in [0.25, 0.3) is 0 Å². The summed E-state index contributed by atoms with van der Waals surface area (Å²) in [7, 11) is -0.879. The van der Waals surface area contributed by atoms with E-state index in [4.69, 9.17) is 9.47 Å². The fourth-order valence-corrected chi connectivity index (χ4v) is 4.70. The number of methoxy groups -OCH3 is 2. The lowest BCUT2D eigenvalue weighted by Crippen LogP contribution is -2.53. The normalized spacial score (nSPS) is 12.1. The molecule has 2 amide bonds. The van der Waals surface area contributed by atoms with Crippen molar-refractivity contribution in [1.29, 1.82) is 0 Å². The Morgan fingerprint density at radius 2 is 1.75 bits per heavy atom. The molecule has 0 aliphatic rings. The van der Waals surface area contributed by atoms with E-state index in [2.05, 4.69) is 5.32 Å². The first-order valence-electron chi connectivity index (χ1n) is 11.8. The van der Waals surface area contributed by atoms with Gasteiger partial charge in [-0.25, -0.2) is 8.42 Å². The van der Waals surface area contributed by atoms with Gasteiger partial charge in [0, 0.05) is 12.6 Å². The number of rotatable bonds is 12. The van der Waals surface area contributed by atoms with Crippen LogP contribution in [-0.4, -0.2) is 64.2 Å². The molecule has 10 heteroatoms. The van der Waals surface area contributed by atoms with Crippen molar-refractivity contribution in [3.05, 3.63) is 53.6 Å². The van der Waals surface area contributed by atoms with Crippen LogP contribution >= 0.6 is 0 Å². The largest absolute Gasteiger partial charge is 0.497 e. The fraction of sp³-hybridized carbons (Fsp3) is 0.462. The van der Waals surface area contributed by atoms with Crippen molar-refractivity contribution < 1.29 is 27.5 Å². The molecule has 0 aromatic heterocycles. The molecule has 0 radical (unpaired) electrons. The van der Waals surface area contributed by atoms with E-state index >= 15 is 0 Å². The van der Waals surface area contributed by atoms with E-state index in [1.165, 1.54) is 12.0 Å². The number of hydrogen-bond donors (Lipinski definition) is 1. The molecule has 2 aromatic rings. The second-order valence-corrected chi connectivity index (χ2v) is 10.8. The molecule has 0 fully saturated rings. The molecule has 0 unspecified atom stereocenters. The van der Waals surface area contributed by atoms with Gasteiger partial charge in [0.15, 0.2) is 0 Å². The first-order chi connectivity index (χ1) is 16.9. The molecule has 36 heavy (non-hydrogen) atoms. The van der Waals surface area contributed by atoms with Gasteiger partial charge >= 0.3 is 0 Å². The molecule has 0 saturated carbocycles. The number of benzene rings is 2. The van der Waals surface area contributed by atoms with Crippen molar-refractivity contribution in [3.8, 4) is 11.5 Å². The molecular formula is C26H37N3O6S. The number of nitrogens with zero attached hydrogens (tertiary/aromatic N) is 2. The van der Waals surface area contributed by atoms with Crippen LogP contribution in [0, 0.1) is 6.92 Å². The lowest BCUT2D eigenvalue weighted by atomic mass is 10.1. The summed E-state index contributed by atoms with van der Waals surface area (Å²) >= 11 is 0. The van der Waals surface area contributed by atoms with Crippen molar-refractivity contribution in [3.63, 3.8) is 0 Å². The standard InChI is InChI=1S/C26H37N3O6S/c1-8-22(26(31)27-18(2)3)28(16-20-10-9-11-21(15-20)34-5)25(30)17-29(36(7,32)33)23-14-19(4)12-13-24(23)35-6/h9-15,18,22H,8,16-17H2,1-7H3,(H,27,31)/t22-/m1/s1.